The maximum Gasteiger partial charge on any atom is 0.177 e. The Hall–Kier alpha value is -1.92. The molecule has 0 spiro atoms. The summed E-state index contributed by atoms with van der Waals surface area (Å²) in [5.74, 6) is 0.961. The number of thioether (sulfide) groups is 1. The van der Waals surface area contributed by atoms with Gasteiger partial charge in [-0.15, -0.1) is 5.10 Å². The molecule has 5 nitrogen and oxygen atoms in total. The molecule has 6 heteroatoms. The Labute approximate surface area is 197 Å². The fourth-order valence-corrected chi connectivity index (χ4v) is 6.33. The minimum atomic E-state index is 0.132. The molecule has 1 saturated heterocycles. The van der Waals surface area contributed by atoms with Crippen molar-refractivity contribution in [2.24, 2.45) is 0 Å². The summed E-state index contributed by atoms with van der Waals surface area (Å²) in [4.78, 5) is 2.64. The summed E-state index contributed by atoms with van der Waals surface area (Å²) in [6.45, 7) is 13.0. The molecular formula is C26H37N5S. The first-order chi connectivity index (χ1) is 15.5. The van der Waals surface area contributed by atoms with Crippen LogP contribution in [0.1, 0.15) is 74.9 Å². The number of hydrogen-bond acceptors (Lipinski definition) is 5. The number of aryl methyl sites for hydroxylation is 2. The van der Waals surface area contributed by atoms with Crippen LogP contribution in [0.25, 0.3) is 5.69 Å². The Morgan fingerprint density at radius 3 is 2.38 bits per heavy atom. The van der Waals surface area contributed by atoms with Gasteiger partial charge in [0.25, 0.3) is 0 Å². The van der Waals surface area contributed by atoms with Gasteiger partial charge in [-0.25, -0.2) is 0 Å². The minimum Gasteiger partial charge on any atom is -0.290 e. The van der Waals surface area contributed by atoms with Crippen molar-refractivity contribution in [1.29, 1.82) is 0 Å². The van der Waals surface area contributed by atoms with E-state index in [0.29, 0.717) is 0 Å². The van der Waals surface area contributed by atoms with Gasteiger partial charge < -0.3 is 0 Å². The lowest BCUT2D eigenvalue weighted by molar-refractivity contribution is 0.214. The van der Waals surface area contributed by atoms with Gasteiger partial charge in [0.1, 0.15) is 0 Å². The summed E-state index contributed by atoms with van der Waals surface area (Å²) >= 11 is 1.95. The van der Waals surface area contributed by atoms with E-state index in [1.807, 2.05) is 16.4 Å². The average Bonchev–Trinajstić information content (AvgIpc) is 3.08. The van der Waals surface area contributed by atoms with Crippen molar-refractivity contribution < 1.29 is 0 Å². The lowest BCUT2D eigenvalue weighted by atomic mass is 9.81. The molecule has 2 atom stereocenters. The van der Waals surface area contributed by atoms with E-state index in [1.165, 1.54) is 48.0 Å². The van der Waals surface area contributed by atoms with Gasteiger partial charge in [-0.05, 0) is 99.3 Å². The SMILES string of the molecule is C=C(C)C1(SC)CC=C(C(c2nnnn2-c2c(C)cccc2C)N2CCCCCC2)CC1. The highest BCUT2D eigenvalue weighted by Crippen LogP contribution is 2.46. The van der Waals surface area contributed by atoms with Crippen LogP contribution in [0.4, 0.5) is 0 Å². The number of allylic oxidation sites excluding steroid dienone is 1. The van der Waals surface area contributed by atoms with Gasteiger partial charge in [-0.2, -0.15) is 16.4 Å². The van der Waals surface area contributed by atoms with Crippen molar-refractivity contribution >= 4 is 11.8 Å². The van der Waals surface area contributed by atoms with Crippen LogP contribution in [0.5, 0.6) is 0 Å². The van der Waals surface area contributed by atoms with Crippen molar-refractivity contribution in [3.8, 4) is 5.69 Å². The van der Waals surface area contributed by atoms with Crippen molar-refractivity contribution in [3.63, 3.8) is 0 Å². The highest BCUT2D eigenvalue weighted by molar-refractivity contribution is 8.00. The lowest BCUT2D eigenvalue weighted by Gasteiger charge is -2.39. The second-order valence-corrected chi connectivity index (χ2v) is 10.7. The number of nitrogens with zero attached hydrogens (tertiary/aromatic N) is 5. The topological polar surface area (TPSA) is 46.8 Å². The number of hydrogen-bond donors (Lipinski definition) is 0. The maximum absolute atomic E-state index is 4.64. The van der Waals surface area contributed by atoms with E-state index < -0.39 is 0 Å². The van der Waals surface area contributed by atoms with Gasteiger partial charge in [0, 0.05) is 4.75 Å². The van der Waals surface area contributed by atoms with Gasteiger partial charge in [-0.3, -0.25) is 4.90 Å². The molecule has 0 N–H and O–H groups in total. The fraction of sp³-hybridized carbons (Fsp3) is 0.577. The van der Waals surface area contributed by atoms with Crippen LogP contribution in [0.15, 0.2) is 42.0 Å². The van der Waals surface area contributed by atoms with E-state index in [0.717, 1.165) is 43.9 Å². The Bertz CT molecular complexity index is 966. The maximum atomic E-state index is 4.64. The Kier molecular flexibility index (Phi) is 7.21. The van der Waals surface area contributed by atoms with Crippen LogP contribution in [0, 0.1) is 13.8 Å². The van der Waals surface area contributed by atoms with Gasteiger partial charge in [-0.1, -0.05) is 49.3 Å². The minimum absolute atomic E-state index is 0.132. The molecule has 0 saturated carbocycles. The Morgan fingerprint density at radius 1 is 1.12 bits per heavy atom. The van der Waals surface area contributed by atoms with Crippen LogP contribution < -0.4 is 0 Å². The number of aromatic nitrogens is 4. The number of tetrazole rings is 1. The van der Waals surface area contributed by atoms with Crippen molar-refractivity contribution in [2.45, 2.75) is 76.5 Å². The predicted molar refractivity (Wildman–Crippen MR) is 134 cm³/mol. The smallest absolute Gasteiger partial charge is 0.177 e. The largest absolute Gasteiger partial charge is 0.290 e. The average molecular weight is 452 g/mol. The summed E-state index contributed by atoms with van der Waals surface area (Å²) < 4.78 is 2.17. The highest BCUT2D eigenvalue weighted by Gasteiger charge is 2.37. The Balaban J connectivity index is 1.78. The van der Waals surface area contributed by atoms with Crippen LogP contribution in [0.2, 0.25) is 0 Å². The van der Waals surface area contributed by atoms with E-state index >= 15 is 0 Å². The molecule has 172 valence electrons. The highest BCUT2D eigenvalue weighted by atomic mass is 32.2. The standard InChI is InChI=1S/C26H37N5S/c1-19(2)26(32-5)15-13-22(14-16-26)24(30-17-8-6-7-9-18-30)25-27-28-29-31(25)23-20(3)11-10-12-21(23)4/h10-13,24H,1,6-9,14-18H2,2-5H3. The van der Waals surface area contributed by atoms with E-state index in [1.54, 1.807) is 0 Å². The number of rotatable bonds is 6. The van der Waals surface area contributed by atoms with Crippen LogP contribution in [-0.4, -0.2) is 49.2 Å². The van der Waals surface area contributed by atoms with E-state index in [2.05, 4.69) is 78.3 Å². The summed E-state index contributed by atoms with van der Waals surface area (Å²) in [6.07, 6.45) is 13.1. The van der Waals surface area contributed by atoms with Crippen LogP contribution in [0.3, 0.4) is 0 Å². The van der Waals surface area contributed by atoms with E-state index in [-0.39, 0.29) is 10.8 Å². The molecule has 1 aliphatic heterocycles. The number of para-hydroxylation sites is 1. The molecule has 1 aromatic heterocycles. The van der Waals surface area contributed by atoms with E-state index in [9.17, 15) is 0 Å². The fourth-order valence-electron chi connectivity index (χ4n) is 5.42. The number of benzene rings is 1. The quantitative estimate of drug-likeness (QED) is 0.505. The molecule has 1 aromatic carbocycles. The summed E-state index contributed by atoms with van der Waals surface area (Å²) in [5.41, 5.74) is 6.28. The van der Waals surface area contributed by atoms with Crippen LogP contribution >= 0.6 is 11.8 Å². The number of likely N-dealkylation sites (tertiary alicyclic amines) is 1. The zero-order valence-corrected chi connectivity index (χ0v) is 20.9. The van der Waals surface area contributed by atoms with Gasteiger partial charge in [0.05, 0.1) is 11.7 Å². The third-order valence-electron chi connectivity index (χ3n) is 7.43. The second-order valence-electron chi connectivity index (χ2n) is 9.50. The zero-order chi connectivity index (χ0) is 22.7. The van der Waals surface area contributed by atoms with Crippen molar-refractivity contribution in [2.75, 3.05) is 19.3 Å². The molecule has 0 radical (unpaired) electrons. The normalized spacial score (nSPS) is 23.4. The lowest BCUT2D eigenvalue weighted by Crippen LogP contribution is -2.36. The molecule has 4 rings (SSSR count). The summed E-state index contributed by atoms with van der Waals surface area (Å²) in [5, 5.41) is 13.3. The summed E-state index contributed by atoms with van der Waals surface area (Å²) in [7, 11) is 0. The molecule has 0 amide bonds. The van der Waals surface area contributed by atoms with E-state index in [4.69, 9.17) is 0 Å². The molecule has 1 fully saturated rings. The molecule has 2 aliphatic rings. The molecular weight excluding hydrogens is 414 g/mol. The van der Waals surface area contributed by atoms with Crippen molar-refractivity contribution in [3.05, 3.63) is 59.0 Å². The first kappa shape index (κ1) is 23.2. The van der Waals surface area contributed by atoms with Gasteiger partial charge in [0.2, 0.25) is 0 Å². The molecule has 0 bridgehead atoms. The molecule has 32 heavy (non-hydrogen) atoms. The molecule has 1 aliphatic carbocycles. The van der Waals surface area contributed by atoms with Crippen molar-refractivity contribution in [1.82, 2.24) is 25.1 Å². The monoisotopic (exact) mass is 451 g/mol. The predicted octanol–water partition coefficient (Wildman–Crippen LogP) is 5.98. The van der Waals surface area contributed by atoms with Gasteiger partial charge in [0.15, 0.2) is 5.82 Å². The first-order valence-corrected chi connectivity index (χ1v) is 13.2. The zero-order valence-electron chi connectivity index (χ0n) is 20.1. The molecule has 2 aromatic rings. The third kappa shape index (κ3) is 4.44. The van der Waals surface area contributed by atoms with Crippen LogP contribution in [-0.2, 0) is 0 Å². The second kappa shape index (κ2) is 9.92. The molecule has 2 heterocycles. The first-order valence-electron chi connectivity index (χ1n) is 12.0. The third-order valence-corrected chi connectivity index (χ3v) is 8.93. The van der Waals surface area contributed by atoms with Gasteiger partial charge >= 0.3 is 0 Å². The Morgan fingerprint density at radius 2 is 1.81 bits per heavy atom. The summed E-state index contributed by atoms with van der Waals surface area (Å²) in [6, 6.07) is 6.53. The molecule has 2 unspecified atom stereocenters.